The van der Waals surface area contributed by atoms with E-state index in [2.05, 4.69) is 27.3 Å². The van der Waals surface area contributed by atoms with Gasteiger partial charge in [0.2, 0.25) is 0 Å². The van der Waals surface area contributed by atoms with Crippen molar-refractivity contribution in [1.82, 2.24) is 0 Å². The summed E-state index contributed by atoms with van der Waals surface area (Å²) in [4.78, 5) is 26.0. The second-order valence-corrected chi connectivity index (χ2v) is 9.95. The molecule has 0 radical (unpaired) electrons. The lowest BCUT2D eigenvalue weighted by Crippen LogP contribution is -2.31. The van der Waals surface area contributed by atoms with Crippen LogP contribution in [0.5, 0.6) is 0 Å². The molecule has 0 aliphatic rings. The van der Waals surface area contributed by atoms with Gasteiger partial charge in [-0.25, -0.2) is 13.2 Å². The van der Waals surface area contributed by atoms with Crippen molar-refractivity contribution in [3.05, 3.63) is 87.0 Å². The third-order valence-corrected chi connectivity index (χ3v) is 6.84. The van der Waals surface area contributed by atoms with Crippen molar-refractivity contribution in [2.45, 2.75) is 4.90 Å². The average Bonchev–Trinajstić information content (AvgIpc) is 2.78. The number of carbonyl (C=O) groups excluding carboxylic acids is 2. The molecule has 0 saturated heterocycles. The van der Waals surface area contributed by atoms with Crippen LogP contribution >= 0.6 is 34.2 Å². The van der Waals surface area contributed by atoms with Crippen molar-refractivity contribution in [2.75, 3.05) is 23.3 Å². The Kier molecular flexibility index (Phi) is 7.75. The van der Waals surface area contributed by atoms with Gasteiger partial charge in [-0.3, -0.25) is 9.52 Å². The second-order valence-electron chi connectivity index (χ2n) is 6.62. The zero-order valence-corrected chi connectivity index (χ0v) is 20.5. The Hall–Kier alpha value is -2.63. The highest BCUT2D eigenvalue weighted by Crippen LogP contribution is 2.24. The fourth-order valence-corrected chi connectivity index (χ4v) is 4.30. The Labute approximate surface area is 204 Å². The standard InChI is InChI=1S/C22H18ClIN2O5S/c1-26(17-5-3-2-4-6-17)21(27)14-31-22(28)19-13-18(11-12-20(19)23)32(29,30)25-16-9-7-15(24)8-10-16/h2-13,25H,14H2,1H3. The Morgan fingerprint density at radius 3 is 2.34 bits per heavy atom. The van der Waals surface area contributed by atoms with Gasteiger partial charge in [0.25, 0.3) is 15.9 Å². The van der Waals surface area contributed by atoms with E-state index in [1.54, 1.807) is 55.6 Å². The van der Waals surface area contributed by atoms with Gasteiger partial charge in [-0.15, -0.1) is 0 Å². The Morgan fingerprint density at radius 2 is 1.69 bits per heavy atom. The van der Waals surface area contributed by atoms with Crippen LogP contribution in [0.3, 0.4) is 0 Å². The van der Waals surface area contributed by atoms with Gasteiger partial charge < -0.3 is 9.64 Å². The first-order valence-electron chi connectivity index (χ1n) is 9.24. The van der Waals surface area contributed by atoms with Crippen LogP contribution in [0.15, 0.2) is 77.7 Å². The molecule has 166 valence electrons. The highest BCUT2D eigenvalue weighted by molar-refractivity contribution is 14.1. The molecule has 0 heterocycles. The Bertz CT molecular complexity index is 1230. The highest BCUT2D eigenvalue weighted by Gasteiger charge is 2.21. The average molecular weight is 585 g/mol. The number of benzene rings is 3. The SMILES string of the molecule is CN(C(=O)COC(=O)c1cc(S(=O)(=O)Nc2ccc(I)cc2)ccc1Cl)c1ccccc1. The zero-order chi connectivity index (χ0) is 23.3. The lowest BCUT2D eigenvalue weighted by atomic mass is 10.2. The molecule has 1 amide bonds. The Balaban J connectivity index is 1.72. The number of hydrogen-bond donors (Lipinski definition) is 1. The molecule has 0 aromatic heterocycles. The molecule has 3 aromatic carbocycles. The first-order valence-corrected chi connectivity index (χ1v) is 12.2. The van der Waals surface area contributed by atoms with E-state index in [0.29, 0.717) is 11.4 Å². The number of sulfonamides is 1. The van der Waals surface area contributed by atoms with E-state index in [1.807, 2.05) is 6.07 Å². The van der Waals surface area contributed by atoms with Gasteiger partial charge in [-0.1, -0.05) is 29.8 Å². The monoisotopic (exact) mass is 584 g/mol. The summed E-state index contributed by atoms with van der Waals surface area (Å²) in [5.41, 5.74) is 0.854. The number of halogens is 2. The van der Waals surface area contributed by atoms with E-state index >= 15 is 0 Å². The molecule has 7 nitrogen and oxygen atoms in total. The van der Waals surface area contributed by atoms with Crippen molar-refractivity contribution >= 4 is 67.5 Å². The molecular weight excluding hydrogens is 567 g/mol. The van der Waals surface area contributed by atoms with Crippen molar-refractivity contribution < 1.29 is 22.7 Å². The van der Waals surface area contributed by atoms with Gasteiger partial charge >= 0.3 is 5.97 Å². The van der Waals surface area contributed by atoms with E-state index in [-0.39, 0.29) is 15.5 Å². The number of anilines is 2. The van der Waals surface area contributed by atoms with E-state index in [9.17, 15) is 18.0 Å². The summed E-state index contributed by atoms with van der Waals surface area (Å²) in [5.74, 6) is -1.36. The van der Waals surface area contributed by atoms with Crippen LogP contribution in [0.25, 0.3) is 0 Å². The first-order chi connectivity index (χ1) is 15.2. The predicted octanol–water partition coefficient (Wildman–Crippen LogP) is 4.57. The number of esters is 1. The van der Waals surface area contributed by atoms with Gasteiger partial charge in [0.1, 0.15) is 0 Å². The van der Waals surface area contributed by atoms with Crippen LogP contribution in [0.4, 0.5) is 11.4 Å². The van der Waals surface area contributed by atoms with Gasteiger partial charge in [-0.05, 0) is 77.2 Å². The maximum atomic E-state index is 12.7. The molecule has 32 heavy (non-hydrogen) atoms. The highest BCUT2D eigenvalue weighted by atomic mass is 127. The summed E-state index contributed by atoms with van der Waals surface area (Å²) in [6.45, 7) is -0.529. The summed E-state index contributed by atoms with van der Waals surface area (Å²) in [6.07, 6.45) is 0. The third kappa shape index (κ3) is 5.99. The van der Waals surface area contributed by atoms with E-state index in [1.165, 1.54) is 17.0 Å². The number of likely N-dealkylation sites (N-methyl/N-ethyl adjacent to an activating group) is 1. The number of amides is 1. The minimum atomic E-state index is -3.97. The van der Waals surface area contributed by atoms with Crippen molar-refractivity contribution in [2.24, 2.45) is 0 Å². The van der Waals surface area contributed by atoms with E-state index in [0.717, 1.165) is 9.64 Å². The molecular formula is C22H18ClIN2O5S. The lowest BCUT2D eigenvalue weighted by Gasteiger charge is -2.17. The molecule has 1 N–H and O–H groups in total. The number of hydrogen-bond acceptors (Lipinski definition) is 5. The predicted molar refractivity (Wildman–Crippen MR) is 132 cm³/mol. The Morgan fingerprint density at radius 1 is 1.03 bits per heavy atom. The smallest absolute Gasteiger partial charge is 0.340 e. The molecule has 0 bridgehead atoms. The van der Waals surface area contributed by atoms with E-state index < -0.39 is 28.5 Å². The van der Waals surface area contributed by atoms with Gasteiger partial charge in [0.05, 0.1) is 15.5 Å². The molecule has 0 aliphatic heterocycles. The second kappa shape index (κ2) is 10.3. The van der Waals surface area contributed by atoms with Gasteiger partial charge in [-0.2, -0.15) is 0 Å². The minimum absolute atomic E-state index is 0.00655. The van der Waals surface area contributed by atoms with Crippen LogP contribution in [0.2, 0.25) is 5.02 Å². The maximum Gasteiger partial charge on any atom is 0.340 e. The number of rotatable bonds is 7. The summed E-state index contributed by atoms with van der Waals surface area (Å²) in [7, 11) is -2.42. The fraction of sp³-hybridized carbons (Fsp3) is 0.0909. The summed E-state index contributed by atoms with van der Waals surface area (Å²) < 4.78 is 33.9. The molecule has 3 aromatic rings. The van der Waals surface area contributed by atoms with Crippen LogP contribution < -0.4 is 9.62 Å². The molecule has 0 saturated carbocycles. The van der Waals surface area contributed by atoms with Crippen molar-refractivity contribution in [1.29, 1.82) is 0 Å². The number of carbonyl (C=O) groups is 2. The minimum Gasteiger partial charge on any atom is -0.452 e. The fourth-order valence-electron chi connectivity index (χ4n) is 2.66. The molecule has 3 rings (SSSR count). The van der Waals surface area contributed by atoms with Crippen LogP contribution in [-0.4, -0.2) is 33.9 Å². The number of ether oxygens (including phenoxy) is 1. The van der Waals surface area contributed by atoms with E-state index in [4.69, 9.17) is 16.3 Å². The van der Waals surface area contributed by atoms with Crippen LogP contribution in [-0.2, 0) is 19.6 Å². The van der Waals surface area contributed by atoms with Gasteiger partial charge in [0, 0.05) is 22.0 Å². The molecule has 10 heteroatoms. The summed E-state index contributed by atoms with van der Waals surface area (Å²) >= 11 is 8.19. The van der Waals surface area contributed by atoms with Crippen molar-refractivity contribution in [3.8, 4) is 0 Å². The molecule has 0 fully saturated rings. The maximum absolute atomic E-state index is 12.7. The third-order valence-electron chi connectivity index (χ3n) is 4.41. The lowest BCUT2D eigenvalue weighted by molar-refractivity contribution is -0.121. The largest absolute Gasteiger partial charge is 0.452 e. The van der Waals surface area contributed by atoms with Crippen LogP contribution in [0, 0.1) is 3.57 Å². The molecule has 0 atom stereocenters. The zero-order valence-electron chi connectivity index (χ0n) is 16.8. The van der Waals surface area contributed by atoms with Crippen LogP contribution in [0.1, 0.15) is 10.4 Å². The topological polar surface area (TPSA) is 92.8 Å². The number of para-hydroxylation sites is 1. The molecule has 0 aliphatic carbocycles. The summed E-state index contributed by atoms with van der Waals surface area (Å²) in [5, 5.41) is 0.00655. The number of nitrogens with one attached hydrogen (secondary N) is 1. The molecule has 0 unspecified atom stereocenters. The first kappa shape index (κ1) is 24.0. The molecule has 0 spiro atoms. The van der Waals surface area contributed by atoms with Gasteiger partial charge in [0.15, 0.2) is 6.61 Å². The number of nitrogens with zero attached hydrogens (tertiary/aromatic N) is 1. The normalized spacial score (nSPS) is 11.0. The summed E-state index contributed by atoms with van der Waals surface area (Å²) in [6, 6.07) is 19.3. The van der Waals surface area contributed by atoms with Crippen molar-refractivity contribution in [3.63, 3.8) is 0 Å². The quantitative estimate of drug-likeness (QED) is 0.325.